The van der Waals surface area contributed by atoms with E-state index in [0.717, 1.165) is 25.1 Å². The van der Waals surface area contributed by atoms with Gasteiger partial charge in [0.25, 0.3) is 0 Å². The summed E-state index contributed by atoms with van der Waals surface area (Å²) >= 11 is 0. The van der Waals surface area contributed by atoms with Crippen LogP contribution >= 0.6 is 0 Å². The van der Waals surface area contributed by atoms with Crippen LogP contribution < -0.4 is 9.64 Å². The molecule has 3 heteroatoms. The van der Waals surface area contributed by atoms with Crippen molar-refractivity contribution in [1.82, 2.24) is 0 Å². The Bertz CT molecular complexity index is 641. The summed E-state index contributed by atoms with van der Waals surface area (Å²) in [4.78, 5) is 1.34. The number of nitrogens with one attached hydrogen (secondary N) is 1. The molecule has 124 valence electrons. The first-order chi connectivity index (χ1) is 10.8. The molecule has 2 aliphatic rings. The van der Waals surface area contributed by atoms with Crippen LogP contribution in [0, 0.1) is 17.8 Å². The quantitative estimate of drug-likeness (QED) is 0.804. The van der Waals surface area contributed by atoms with E-state index >= 15 is 0 Å². The highest BCUT2D eigenvalue weighted by atomic mass is 16.5. The second kappa shape index (κ2) is 5.85. The number of hydrogen-bond donors (Lipinski definition) is 1. The van der Waals surface area contributed by atoms with E-state index in [1.807, 2.05) is 12.1 Å². The van der Waals surface area contributed by atoms with E-state index in [1.165, 1.54) is 10.5 Å². The number of fused-ring (bicyclic) bond motifs is 3. The SMILES string of the molecule is C[NH+](C)CC#C[C@]1(C)CC[C@@H]2[C@H](O1)c1ccccc1OC2(C)C. The Hall–Kier alpha value is -1.50. The van der Waals surface area contributed by atoms with E-state index in [2.05, 4.69) is 58.8 Å². The molecule has 2 aliphatic heterocycles. The minimum atomic E-state index is -0.364. The largest absolute Gasteiger partial charge is 0.487 e. The van der Waals surface area contributed by atoms with Crippen molar-refractivity contribution in [3.05, 3.63) is 29.8 Å². The summed E-state index contributed by atoms with van der Waals surface area (Å²) in [6, 6.07) is 8.26. The number of para-hydroxylation sites is 1. The molecule has 0 radical (unpaired) electrons. The van der Waals surface area contributed by atoms with Gasteiger partial charge in [-0.1, -0.05) is 24.1 Å². The van der Waals surface area contributed by atoms with E-state index < -0.39 is 0 Å². The van der Waals surface area contributed by atoms with Gasteiger partial charge in [-0.3, -0.25) is 0 Å². The van der Waals surface area contributed by atoms with Crippen molar-refractivity contribution < 1.29 is 14.4 Å². The highest BCUT2D eigenvalue weighted by Crippen LogP contribution is 2.52. The van der Waals surface area contributed by atoms with Crippen molar-refractivity contribution in [2.24, 2.45) is 5.92 Å². The summed E-state index contributed by atoms with van der Waals surface area (Å²) in [7, 11) is 4.23. The molecule has 1 fully saturated rings. The van der Waals surface area contributed by atoms with Gasteiger partial charge in [0.2, 0.25) is 0 Å². The monoisotopic (exact) mass is 314 g/mol. The van der Waals surface area contributed by atoms with Crippen LogP contribution in [0.25, 0.3) is 0 Å². The third kappa shape index (κ3) is 3.24. The van der Waals surface area contributed by atoms with Gasteiger partial charge >= 0.3 is 0 Å². The first-order valence-electron chi connectivity index (χ1n) is 8.56. The van der Waals surface area contributed by atoms with Crippen LogP contribution in [0.15, 0.2) is 24.3 Å². The Kier molecular flexibility index (Phi) is 4.16. The van der Waals surface area contributed by atoms with Gasteiger partial charge in [-0.2, -0.15) is 0 Å². The van der Waals surface area contributed by atoms with Crippen molar-refractivity contribution in [3.63, 3.8) is 0 Å². The second-order valence-corrected chi connectivity index (χ2v) is 7.84. The van der Waals surface area contributed by atoms with Crippen LogP contribution in [0.3, 0.4) is 0 Å². The van der Waals surface area contributed by atoms with Crippen molar-refractivity contribution in [2.45, 2.75) is 50.9 Å². The maximum absolute atomic E-state index is 6.56. The van der Waals surface area contributed by atoms with Gasteiger partial charge in [0.1, 0.15) is 23.5 Å². The standard InChI is InChI=1S/C20H27NO2/c1-19(2)16-11-13-20(3,12-8-14-21(4)5)23-18(16)15-9-6-7-10-17(15)22-19/h6-7,9-10,16,18H,11,13-14H2,1-5H3/p+1/t16-,18-,20-/m1/s1. The van der Waals surface area contributed by atoms with E-state index in [-0.39, 0.29) is 17.3 Å². The second-order valence-electron chi connectivity index (χ2n) is 7.84. The first-order valence-corrected chi connectivity index (χ1v) is 8.56. The van der Waals surface area contributed by atoms with E-state index in [1.54, 1.807) is 0 Å². The van der Waals surface area contributed by atoms with E-state index in [4.69, 9.17) is 9.47 Å². The van der Waals surface area contributed by atoms with Crippen LogP contribution in [0.5, 0.6) is 5.75 Å². The van der Waals surface area contributed by atoms with Gasteiger partial charge in [0.15, 0.2) is 0 Å². The summed E-state index contributed by atoms with van der Waals surface area (Å²) in [6.07, 6.45) is 2.10. The lowest BCUT2D eigenvalue weighted by molar-refractivity contribution is -0.850. The third-order valence-corrected chi connectivity index (χ3v) is 4.97. The van der Waals surface area contributed by atoms with Crippen molar-refractivity contribution >= 4 is 0 Å². The number of quaternary nitrogens is 1. The molecule has 0 aromatic heterocycles. The van der Waals surface area contributed by atoms with Gasteiger partial charge in [0.05, 0.1) is 20.2 Å². The predicted molar refractivity (Wildman–Crippen MR) is 91.6 cm³/mol. The van der Waals surface area contributed by atoms with Gasteiger partial charge in [-0.15, -0.1) is 0 Å². The lowest BCUT2D eigenvalue weighted by Crippen LogP contribution is -3.05. The van der Waals surface area contributed by atoms with Gasteiger partial charge in [-0.05, 0) is 45.6 Å². The molecular formula is C20H28NO2+. The molecular weight excluding hydrogens is 286 g/mol. The fraction of sp³-hybridized carbons (Fsp3) is 0.600. The molecule has 1 N–H and O–H groups in total. The molecule has 2 heterocycles. The molecule has 3 nitrogen and oxygen atoms in total. The molecule has 1 saturated heterocycles. The molecule has 23 heavy (non-hydrogen) atoms. The highest BCUT2D eigenvalue weighted by molar-refractivity contribution is 5.39. The zero-order valence-corrected chi connectivity index (χ0v) is 14.9. The summed E-state index contributed by atoms with van der Waals surface area (Å²) < 4.78 is 12.8. The predicted octanol–water partition coefficient (Wildman–Crippen LogP) is 2.23. The molecule has 0 spiro atoms. The average molecular weight is 314 g/mol. The zero-order chi connectivity index (χ0) is 16.7. The molecule has 0 aliphatic carbocycles. The smallest absolute Gasteiger partial charge is 0.139 e. The van der Waals surface area contributed by atoms with Crippen molar-refractivity contribution in [1.29, 1.82) is 0 Å². The Morgan fingerprint density at radius 1 is 1.22 bits per heavy atom. The van der Waals surface area contributed by atoms with Crippen LogP contribution in [0.1, 0.15) is 45.3 Å². The van der Waals surface area contributed by atoms with E-state index in [9.17, 15) is 0 Å². The van der Waals surface area contributed by atoms with Crippen LogP contribution in [-0.2, 0) is 4.74 Å². The zero-order valence-electron chi connectivity index (χ0n) is 14.9. The van der Waals surface area contributed by atoms with Crippen LogP contribution in [-0.4, -0.2) is 31.8 Å². The van der Waals surface area contributed by atoms with Crippen LogP contribution in [0.2, 0.25) is 0 Å². The molecule has 0 bridgehead atoms. The molecule has 0 unspecified atom stereocenters. The number of benzene rings is 1. The number of rotatable bonds is 1. The minimum Gasteiger partial charge on any atom is -0.487 e. The fourth-order valence-corrected chi connectivity index (χ4v) is 3.66. The summed E-state index contributed by atoms with van der Waals surface area (Å²) in [5.74, 6) is 8.00. The minimum absolute atomic E-state index is 0.0645. The molecule has 1 aromatic carbocycles. The average Bonchev–Trinajstić information content (AvgIpc) is 2.46. The first kappa shape index (κ1) is 16.4. The summed E-state index contributed by atoms with van der Waals surface area (Å²) in [5, 5.41) is 0. The maximum atomic E-state index is 6.56. The summed E-state index contributed by atoms with van der Waals surface area (Å²) in [5.41, 5.74) is 0.599. The van der Waals surface area contributed by atoms with Gasteiger partial charge in [-0.25, -0.2) is 0 Å². The molecule has 3 atom stereocenters. The normalized spacial score (nSPS) is 31.4. The Morgan fingerprint density at radius 2 is 1.96 bits per heavy atom. The fourth-order valence-electron chi connectivity index (χ4n) is 3.66. The number of hydrogen-bond acceptors (Lipinski definition) is 2. The van der Waals surface area contributed by atoms with E-state index in [0.29, 0.717) is 5.92 Å². The highest BCUT2D eigenvalue weighted by Gasteiger charge is 2.49. The van der Waals surface area contributed by atoms with Gasteiger partial charge < -0.3 is 14.4 Å². The molecule has 3 rings (SSSR count). The Labute approximate surface area is 140 Å². The lowest BCUT2D eigenvalue weighted by Gasteiger charge is -2.50. The lowest BCUT2D eigenvalue weighted by atomic mass is 9.73. The summed E-state index contributed by atoms with van der Waals surface area (Å²) in [6.45, 7) is 7.33. The molecule has 0 saturated carbocycles. The van der Waals surface area contributed by atoms with Crippen LogP contribution in [0.4, 0.5) is 0 Å². The third-order valence-electron chi connectivity index (χ3n) is 4.97. The van der Waals surface area contributed by atoms with Crippen molar-refractivity contribution in [3.8, 4) is 17.6 Å². The van der Waals surface area contributed by atoms with Crippen molar-refractivity contribution in [2.75, 3.05) is 20.6 Å². The van der Waals surface area contributed by atoms with Gasteiger partial charge in [0, 0.05) is 11.5 Å². The Morgan fingerprint density at radius 3 is 2.70 bits per heavy atom. The topological polar surface area (TPSA) is 22.9 Å². The maximum Gasteiger partial charge on any atom is 0.139 e. The number of ether oxygens (including phenoxy) is 2. The molecule has 1 aromatic rings. The molecule has 0 amide bonds. The Balaban J connectivity index is 1.90.